The number of rotatable bonds is 5. The van der Waals surface area contributed by atoms with E-state index in [1.165, 1.54) is 42.5 Å². The highest BCUT2D eigenvalue weighted by molar-refractivity contribution is 7.14. The minimum atomic E-state index is 0.364. The zero-order valence-corrected chi connectivity index (χ0v) is 10.2. The van der Waals surface area contributed by atoms with E-state index in [-0.39, 0.29) is 0 Å². The molecule has 0 aliphatic heterocycles. The SMILES string of the molecule is CCCCCC(=O)c1cc2c(s1)CCC2. The summed E-state index contributed by atoms with van der Waals surface area (Å²) < 4.78 is 0. The summed E-state index contributed by atoms with van der Waals surface area (Å²) in [6, 6.07) is 2.14. The van der Waals surface area contributed by atoms with Crippen molar-refractivity contribution < 1.29 is 4.79 Å². The molecule has 0 saturated heterocycles. The molecule has 0 radical (unpaired) electrons. The fraction of sp³-hybridized carbons (Fsp3) is 0.615. The van der Waals surface area contributed by atoms with Crippen molar-refractivity contribution in [1.82, 2.24) is 0 Å². The van der Waals surface area contributed by atoms with Crippen molar-refractivity contribution in [2.75, 3.05) is 0 Å². The Bertz CT molecular complexity index is 330. The predicted molar refractivity (Wildman–Crippen MR) is 64.8 cm³/mol. The third-order valence-electron chi connectivity index (χ3n) is 3.03. The van der Waals surface area contributed by atoms with Gasteiger partial charge in [0.05, 0.1) is 4.88 Å². The van der Waals surface area contributed by atoms with Crippen LogP contribution in [0.25, 0.3) is 0 Å². The summed E-state index contributed by atoms with van der Waals surface area (Å²) in [5, 5.41) is 0. The van der Waals surface area contributed by atoms with Crippen LogP contribution in [0.3, 0.4) is 0 Å². The molecule has 0 spiro atoms. The van der Waals surface area contributed by atoms with Crippen LogP contribution in [0.1, 0.15) is 59.1 Å². The van der Waals surface area contributed by atoms with E-state index < -0.39 is 0 Å². The first-order chi connectivity index (χ1) is 7.31. The van der Waals surface area contributed by atoms with Crippen molar-refractivity contribution in [2.24, 2.45) is 0 Å². The summed E-state index contributed by atoms with van der Waals surface area (Å²) in [5.74, 6) is 0.364. The standard InChI is InChI=1S/C13H18OS/c1-2-3-4-7-11(14)13-9-10-6-5-8-12(10)15-13/h9H,2-8H2,1H3. The molecule has 2 heteroatoms. The number of Topliss-reactive ketones (excluding diaryl/α,β-unsaturated/α-hetero) is 1. The number of thiophene rings is 1. The Labute approximate surface area is 95.5 Å². The molecule has 0 unspecified atom stereocenters. The van der Waals surface area contributed by atoms with Crippen LogP contribution < -0.4 is 0 Å². The van der Waals surface area contributed by atoms with Crippen LogP contribution in [0.4, 0.5) is 0 Å². The maximum atomic E-state index is 11.8. The van der Waals surface area contributed by atoms with E-state index in [1.54, 1.807) is 11.3 Å². The van der Waals surface area contributed by atoms with Crippen LogP contribution in [0.15, 0.2) is 6.07 Å². The minimum Gasteiger partial charge on any atom is -0.293 e. The first-order valence-electron chi connectivity index (χ1n) is 5.96. The number of carbonyl (C=O) groups excluding carboxylic acids is 1. The van der Waals surface area contributed by atoms with Crippen LogP contribution in [-0.2, 0) is 12.8 Å². The fourth-order valence-corrected chi connectivity index (χ4v) is 3.35. The van der Waals surface area contributed by atoms with Gasteiger partial charge in [0.1, 0.15) is 0 Å². The maximum Gasteiger partial charge on any atom is 0.172 e. The van der Waals surface area contributed by atoms with E-state index in [2.05, 4.69) is 13.0 Å². The number of aryl methyl sites for hydroxylation is 2. The van der Waals surface area contributed by atoms with Crippen LogP contribution in [-0.4, -0.2) is 5.78 Å². The van der Waals surface area contributed by atoms with E-state index in [9.17, 15) is 4.79 Å². The lowest BCUT2D eigenvalue weighted by atomic mass is 10.1. The molecule has 82 valence electrons. The zero-order chi connectivity index (χ0) is 10.7. The molecule has 0 fully saturated rings. The molecule has 1 aliphatic rings. The lowest BCUT2D eigenvalue weighted by Gasteiger charge is -1.96. The van der Waals surface area contributed by atoms with Crippen molar-refractivity contribution in [3.05, 3.63) is 21.4 Å². The second-order valence-corrected chi connectivity index (χ2v) is 5.43. The molecular formula is C13H18OS. The van der Waals surface area contributed by atoms with Gasteiger partial charge in [-0.15, -0.1) is 11.3 Å². The van der Waals surface area contributed by atoms with Crippen molar-refractivity contribution in [3.63, 3.8) is 0 Å². The van der Waals surface area contributed by atoms with Gasteiger partial charge in [-0.2, -0.15) is 0 Å². The number of unbranched alkanes of at least 4 members (excludes halogenated alkanes) is 2. The lowest BCUT2D eigenvalue weighted by Crippen LogP contribution is -1.95. The molecular weight excluding hydrogens is 204 g/mol. The van der Waals surface area contributed by atoms with Crippen LogP contribution >= 0.6 is 11.3 Å². The molecule has 2 rings (SSSR count). The first-order valence-corrected chi connectivity index (χ1v) is 6.77. The molecule has 0 aromatic carbocycles. The number of hydrogen-bond donors (Lipinski definition) is 0. The summed E-state index contributed by atoms with van der Waals surface area (Å²) in [4.78, 5) is 14.3. The Balaban J connectivity index is 1.94. The van der Waals surface area contributed by atoms with Gasteiger partial charge < -0.3 is 0 Å². The second kappa shape index (κ2) is 4.93. The van der Waals surface area contributed by atoms with Gasteiger partial charge in [-0.05, 0) is 37.3 Å². The topological polar surface area (TPSA) is 17.1 Å². The lowest BCUT2D eigenvalue weighted by molar-refractivity contribution is 0.0983. The zero-order valence-electron chi connectivity index (χ0n) is 9.34. The molecule has 0 N–H and O–H groups in total. The number of hydrogen-bond acceptors (Lipinski definition) is 2. The van der Waals surface area contributed by atoms with Gasteiger partial charge in [0, 0.05) is 11.3 Å². The van der Waals surface area contributed by atoms with Gasteiger partial charge in [-0.25, -0.2) is 0 Å². The van der Waals surface area contributed by atoms with E-state index in [4.69, 9.17) is 0 Å². The van der Waals surface area contributed by atoms with Gasteiger partial charge in [-0.1, -0.05) is 19.8 Å². The Hall–Kier alpha value is -0.630. The van der Waals surface area contributed by atoms with Gasteiger partial charge in [0.25, 0.3) is 0 Å². The molecule has 1 aromatic heterocycles. The Morgan fingerprint density at radius 3 is 3.00 bits per heavy atom. The van der Waals surface area contributed by atoms with Gasteiger partial charge in [0.15, 0.2) is 5.78 Å². The van der Waals surface area contributed by atoms with E-state index >= 15 is 0 Å². The molecule has 0 saturated carbocycles. The van der Waals surface area contributed by atoms with E-state index in [0.29, 0.717) is 5.78 Å². The van der Waals surface area contributed by atoms with Gasteiger partial charge in [-0.3, -0.25) is 4.79 Å². The average molecular weight is 222 g/mol. The highest BCUT2D eigenvalue weighted by Crippen LogP contribution is 2.31. The minimum absolute atomic E-state index is 0.364. The molecule has 1 heterocycles. The quantitative estimate of drug-likeness (QED) is 0.543. The summed E-state index contributed by atoms with van der Waals surface area (Å²) in [5.41, 5.74) is 1.44. The average Bonchev–Trinajstić information content (AvgIpc) is 2.76. The number of carbonyl (C=O) groups is 1. The largest absolute Gasteiger partial charge is 0.293 e. The Morgan fingerprint density at radius 1 is 1.40 bits per heavy atom. The third-order valence-corrected chi connectivity index (χ3v) is 4.31. The van der Waals surface area contributed by atoms with Crippen molar-refractivity contribution in [3.8, 4) is 0 Å². The molecule has 1 nitrogen and oxygen atoms in total. The monoisotopic (exact) mass is 222 g/mol. The summed E-state index contributed by atoms with van der Waals surface area (Å²) in [7, 11) is 0. The van der Waals surface area contributed by atoms with Gasteiger partial charge in [0.2, 0.25) is 0 Å². The molecule has 0 bridgehead atoms. The summed E-state index contributed by atoms with van der Waals surface area (Å²) >= 11 is 1.74. The van der Waals surface area contributed by atoms with Crippen LogP contribution in [0.5, 0.6) is 0 Å². The normalized spacial score (nSPS) is 14.2. The third kappa shape index (κ3) is 2.49. The van der Waals surface area contributed by atoms with Crippen molar-refractivity contribution >= 4 is 17.1 Å². The summed E-state index contributed by atoms with van der Waals surface area (Å²) in [6.07, 6.45) is 7.83. The highest BCUT2D eigenvalue weighted by Gasteiger charge is 2.17. The predicted octanol–water partition coefficient (Wildman–Crippen LogP) is 4.00. The van der Waals surface area contributed by atoms with Crippen molar-refractivity contribution in [2.45, 2.75) is 51.9 Å². The van der Waals surface area contributed by atoms with Crippen LogP contribution in [0.2, 0.25) is 0 Å². The number of fused-ring (bicyclic) bond motifs is 1. The van der Waals surface area contributed by atoms with Crippen molar-refractivity contribution in [1.29, 1.82) is 0 Å². The van der Waals surface area contributed by atoms with Gasteiger partial charge >= 0.3 is 0 Å². The molecule has 15 heavy (non-hydrogen) atoms. The van der Waals surface area contributed by atoms with E-state index in [1.807, 2.05) is 0 Å². The Morgan fingerprint density at radius 2 is 2.27 bits per heavy atom. The molecule has 1 aromatic rings. The Kier molecular flexibility index (Phi) is 3.57. The summed E-state index contributed by atoms with van der Waals surface area (Å²) in [6.45, 7) is 2.17. The number of ketones is 1. The highest BCUT2D eigenvalue weighted by atomic mass is 32.1. The van der Waals surface area contributed by atoms with Crippen LogP contribution in [0, 0.1) is 0 Å². The smallest absolute Gasteiger partial charge is 0.172 e. The maximum absolute atomic E-state index is 11.8. The van der Waals surface area contributed by atoms with E-state index in [0.717, 1.165) is 17.7 Å². The molecule has 1 aliphatic carbocycles. The fourth-order valence-electron chi connectivity index (χ4n) is 2.13. The second-order valence-electron chi connectivity index (χ2n) is 4.29. The molecule has 0 amide bonds. The first kappa shape index (κ1) is 10.9. The molecule has 0 atom stereocenters.